The van der Waals surface area contributed by atoms with Crippen LogP contribution in [0.5, 0.6) is 0 Å². The summed E-state index contributed by atoms with van der Waals surface area (Å²) in [5, 5.41) is 0.375. The zero-order valence-corrected chi connectivity index (χ0v) is 15.0. The van der Waals surface area contributed by atoms with Gasteiger partial charge in [0.05, 0.1) is 16.6 Å². The van der Waals surface area contributed by atoms with Crippen LogP contribution in [-0.4, -0.2) is 24.1 Å². The van der Waals surface area contributed by atoms with Gasteiger partial charge in [0.25, 0.3) is 5.91 Å². The summed E-state index contributed by atoms with van der Waals surface area (Å²) in [7, 11) is 0. The Morgan fingerprint density at radius 3 is 2.46 bits per heavy atom. The summed E-state index contributed by atoms with van der Waals surface area (Å²) in [5.41, 5.74) is 1.65. The van der Waals surface area contributed by atoms with E-state index in [1.165, 1.54) is 17.7 Å². The van der Waals surface area contributed by atoms with Crippen molar-refractivity contribution in [2.45, 2.75) is 37.6 Å². The molecular formula is C21H19ClN2O2. The van der Waals surface area contributed by atoms with E-state index in [-0.39, 0.29) is 17.9 Å². The number of benzene rings is 2. The number of carbonyl (C=O) groups is 2. The maximum absolute atomic E-state index is 13.2. The topological polar surface area (TPSA) is 49.7 Å². The van der Waals surface area contributed by atoms with Crippen molar-refractivity contribution in [3.63, 3.8) is 0 Å². The van der Waals surface area contributed by atoms with Gasteiger partial charge in [-0.15, -0.1) is 0 Å². The number of carbonyl (C=O) groups excluding carboxylic acids is 2. The molecular weight excluding hydrogens is 348 g/mol. The number of hydrogen-bond acceptors (Lipinski definition) is 3. The molecule has 0 aromatic heterocycles. The minimum absolute atomic E-state index is 0.279. The fraction of sp³-hybridized carbons (Fsp3) is 0.286. The third-order valence-corrected chi connectivity index (χ3v) is 5.40. The van der Waals surface area contributed by atoms with Gasteiger partial charge >= 0.3 is 0 Å². The number of fused-ring (bicyclic) bond motifs is 1. The summed E-state index contributed by atoms with van der Waals surface area (Å²) in [5.74, 6) is -1.21. The van der Waals surface area contributed by atoms with Crippen molar-refractivity contribution in [2.75, 3.05) is 4.90 Å². The number of rotatable bonds is 3. The van der Waals surface area contributed by atoms with Crippen molar-refractivity contribution < 1.29 is 9.59 Å². The first-order valence-electron chi connectivity index (χ1n) is 8.92. The first kappa shape index (κ1) is 17.0. The Kier molecular flexibility index (Phi) is 4.60. The molecule has 1 heterocycles. The van der Waals surface area contributed by atoms with Crippen molar-refractivity contribution in [1.82, 2.24) is 0 Å². The fourth-order valence-corrected chi connectivity index (χ4v) is 3.94. The predicted molar refractivity (Wildman–Crippen MR) is 103 cm³/mol. The molecule has 0 N–H and O–H groups in total. The number of para-hydroxylation sites is 1. The Morgan fingerprint density at radius 2 is 1.69 bits per heavy atom. The van der Waals surface area contributed by atoms with Gasteiger partial charge in [-0.1, -0.05) is 54.8 Å². The van der Waals surface area contributed by atoms with Gasteiger partial charge in [0.1, 0.15) is 0 Å². The molecule has 0 bridgehead atoms. The number of hydrogen-bond donors (Lipinski definition) is 0. The first-order valence-corrected chi connectivity index (χ1v) is 9.29. The number of anilines is 1. The van der Waals surface area contributed by atoms with Crippen LogP contribution in [0.4, 0.5) is 5.69 Å². The van der Waals surface area contributed by atoms with Crippen molar-refractivity contribution >= 4 is 35.3 Å². The van der Waals surface area contributed by atoms with Crippen molar-refractivity contribution in [2.24, 2.45) is 4.99 Å². The maximum atomic E-state index is 13.2. The molecule has 5 heteroatoms. The molecule has 2 aromatic carbocycles. The van der Waals surface area contributed by atoms with Crippen LogP contribution in [0.15, 0.2) is 53.5 Å². The molecule has 132 valence electrons. The van der Waals surface area contributed by atoms with E-state index in [2.05, 4.69) is 4.99 Å². The molecule has 4 rings (SSSR count). The van der Waals surface area contributed by atoms with E-state index < -0.39 is 5.92 Å². The standard InChI is InChI=1S/C21H19ClN2O2/c22-18-11-5-6-12-19(18)24-20(25)16-10-4-3-9-15(16)17(21(24)26)13-23-14-7-1-2-8-14/h3-6,9-14,17H,1-2,7-8H2/t17-/m1/s1. The predicted octanol–water partition coefficient (Wildman–Crippen LogP) is 4.62. The highest BCUT2D eigenvalue weighted by Gasteiger charge is 2.39. The van der Waals surface area contributed by atoms with E-state index in [0.717, 1.165) is 12.8 Å². The van der Waals surface area contributed by atoms with Crippen LogP contribution in [-0.2, 0) is 4.79 Å². The minimum atomic E-state index is -0.569. The largest absolute Gasteiger partial charge is 0.293 e. The van der Waals surface area contributed by atoms with Crippen LogP contribution in [0.1, 0.15) is 47.5 Å². The zero-order chi connectivity index (χ0) is 18.1. The van der Waals surface area contributed by atoms with Gasteiger partial charge in [0.15, 0.2) is 0 Å². The lowest BCUT2D eigenvalue weighted by Gasteiger charge is -2.31. The molecule has 1 fully saturated rings. The van der Waals surface area contributed by atoms with Gasteiger partial charge in [-0.3, -0.25) is 14.6 Å². The highest BCUT2D eigenvalue weighted by atomic mass is 35.5. The third-order valence-electron chi connectivity index (χ3n) is 5.08. The number of nitrogens with zero attached hydrogens (tertiary/aromatic N) is 2. The minimum Gasteiger partial charge on any atom is -0.293 e. The molecule has 1 aliphatic heterocycles. The molecule has 0 saturated heterocycles. The van der Waals surface area contributed by atoms with Gasteiger partial charge in [-0.2, -0.15) is 0 Å². The molecule has 2 aliphatic rings. The van der Waals surface area contributed by atoms with E-state index in [4.69, 9.17) is 11.6 Å². The Morgan fingerprint density at radius 1 is 1.00 bits per heavy atom. The quantitative estimate of drug-likeness (QED) is 0.587. The zero-order valence-electron chi connectivity index (χ0n) is 14.3. The molecule has 2 amide bonds. The van der Waals surface area contributed by atoms with Gasteiger partial charge in [0.2, 0.25) is 5.91 Å². The second-order valence-electron chi connectivity index (χ2n) is 6.73. The van der Waals surface area contributed by atoms with Crippen LogP contribution in [0.3, 0.4) is 0 Å². The van der Waals surface area contributed by atoms with E-state index in [1.807, 2.05) is 18.2 Å². The molecule has 1 aliphatic carbocycles. The number of imide groups is 1. The summed E-state index contributed by atoms with van der Waals surface area (Å²) in [4.78, 5) is 32.0. The third kappa shape index (κ3) is 2.95. The average Bonchev–Trinajstić information content (AvgIpc) is 3.17. The van der Waals surface area contributed by atoms with E-state index in [9.17, 15) is 9.59 Å². The summed E-state index contributed by atoms with van der Waals surface area (Å²) in [6.45, 7) is 0. The van der Waals surface area contributed by atoms with Gasteiger partial charge < -0.3 is 0 Å². The Hall–Kier alpha value is -2.46. The van der Waals surface area contributed by atoms with Crippen LogP contribution >= 0.6 is 11.6 Å². The van der Waals surface area contributed by atoms with Crippen molar-refractivity contribution in [1.29, 1.82) is 0 Å². The summed E-state index contributed by atoms with van der Waals surface area (Å²) in [6, 6.07) is 14.4. The molecule has 1 saturated carbocycles. The number of amides is 2. The smallest absolute Gasteiger partial charge is 0.265 e. The molecule has 0 radical (unpaired) electrons. The second-order valence-corrected chi connectivity index (χ2v) is 7.14. The summed E-state index contributed by atoms with van der Waals surface area (Å²) >= 11 is 6.26. The van der Waals surface area contributed by atoms with E-state index >= 15 is 0 Å². The number of halogens is 1. The normalized spacial score (nSPS) is 20.8. The van der Waals surface area contributed by atoms with Crippen LogP contribution in [0.25, 0.3) is 0 Å². The highest BCUT2D eigenvalue weighted by molar-refractivity contribution is 6.37. The first-order chi connectivity index (χ1) is 12.7. The lowest BCUT2D eigenvalue weighted by molar-refractivity contribution is -0.118. The average molecular weight is 367 g/mol. The molecule has 0 spiro atoms. The second kappa shape index (κ2) is 7.04. The van der Waals surface area contributed by atoms with Crippen LogP contribution in [0, 0.1) is 0 Å². The fourth-order valence-electron chi connectivity index (χ4n) is 3.72. The van der Waals surface area contributed by atoms with Crippen LogP contribution < -0.4 is 4.90 Å². The molecule has 4 nitrogen and oxygen atoms in total. The summed E-state index contributed by atoms with van der Waals surface area (Å²) < 4.78 is 0. The molecule has 26 heavy (non-hydrogen) atoms. The highest BCUT2D eigenvalue weighted by Crippen LogP contribution is 2.35. The van der Waals surface area contributed by atoms with Gasteiger partial charge in [-0.05, 0) is 36.6 Å². The Balaban J connectivity index is 1.78. The van der Waals surface area contributed by atoms with E-state index in [1.54, 1.807) is 36.5 Å². The van der Waals surface area contributed by atoms with Gasteiger partial charge in [-0.25, -0.2) is 4.90 Å². The molecule has 0 unspecified atom stereocenters. The van der Waals surface area contributed by atoms with E-state index in [0.29, 0.717) is 21.8 Å². The lowest BCUT2D eigenvalue weighted by Crippen LogP contribution is -2.45. The number of aliphatic imine (C=N–C) groups is 1. The lowest BCUT2D eigenvalue weighted by atomic mass is 9.88. The van der Waals surface area contributed by atoms with Gasteiger partial charge in [0, 0.05) is 17.8 Å². The molecule has 2 aromatic rings. The monoisotopic (exact) mass is 366 g/mol. The Bertz CT molecular complexity index is 887. The summed E-state index contributed by atoms with van der Waals surface area (Å²) in [6.07, 6.45) is 6.22. The van der Waals surface area contributed by atoms with Crippen molar-refractivity contribution in [3.8, 4) is 0 Å². The maximum Gasteiger partial charge on any atom is 0.265 e. The van der Waals surface area contributed by atoms with Crippen molar-refractivity contribution in [3.05, 3.63) is 64.7 Å². The van der Waals surface area contributed by atoms with Crippen LogP contribution in [0.2, 0.25) is 5.02 Å². The Labute approximate surface area is 157 Å². The SMILES string of the molecule is O=C1c2ccccc2[C@@H](C=NC2CCCC2)C(=O)N1c1ccccc1Cl. The molecule has 1 atom stereocenters.